The highest BCUT2D eigenvalue weighted by Crippen LogP contribution is 2.24. The summed E-state index contributed by atoms with van der Waals surface area (Å²) in [4.78, 5) is 7.55. The van der Waals surface area contributed by atoms with Crippen LogP contribution >= 0.6 is 11.3 Å². The second-order valence-corrected chi connectivity index (χ2v) is 8.34. The van der Waals surface area contributed by atoms with Crippen LogP contribution in [0.25, 0.3) is 11.6 Å². The molecule has 0 fully saturated rings. The first-order chi connectivity index (χ1) is 12.8. The summed E-state index contributed by atoms with van der Waals surface area (Å²) in [5.41, 5.74) is 5.69. The summed E-state index contributed by atoms with van der Waals surface area (Å²) < 4.78 is 1.35. The molecule has 2 aromatic rings. The molecule has 0 saturated heterocycles. The largest absolute Gasteiger partial charge is 0.295 e. The number of thiazole rings is 1. The van der Waals surface area contributed by atoms with Crippen molar-refractivity contribution in [2.24, 2.45) is 0 Å². The molecule has 3 aliphatic rings. The van der Waals surface area contributed by atoms with Crippen molar-refractivity contribution in [3.8, 4) is 0 Å². The number of fused-ring (bicyclic) bond motifs is 2. The topological polar surface area (TPSA) is 16.1 Å². The molecule has 0 unspecified atom stereocenters. The number of allylic oxidation sites excluding steroid dienone is 4. The highest BCUT2D eigenvalue weighted by molar-refractivity contribution is 7.09. The molecular weight excluding hydrogens is 336 g/mol. The van der Waals surface area contributed by atoms with E-state index < -0.39 is 0 Å². The normalized spacial score (nSPS) is 18.8. The van der Waals surface area contributed by atoms with Gasteiger partial charge in [0.05, 0.1) is 14.9 Å². The van der Waals surface area contributed by atoms with E-state index in [4.69, 9.17) is 4.98 Å². The zero-order valence-electron chi connectivity index (χ0n) is 14.8. The van der Waals surface area contributed by atoms with Gasteiger partial charge in [0.1, 0.15) is 0 Å². The number of aromatic nitrogens is 1. The summed E-state index contributed by atoms with van der Waals surface area (Å²) in [5, 5.41) is 2.50. The second-order valence-electron chi connectivity index (χ2n) is 7.22. The number of benzene rings is 1. The fourth-order valence-electron chi connectivity index (χ4n) is 4.03. The van der Waals surface area contributed by atoms with Gasteiger partial charge >= 0.3 is 0 Å². The first-order valence-corrected chi connectivity index (χ1v) is 10.2. The maximum Gasteiger partial charge on any atom is 0.0979 e. The average molecular weight is 359 g/mol. The third-order valence-electron chi connectivity index (χ3n) is 5.28. The Kier molecular flexibility index (Phi) is 4.19. The number of hydrogen-bond donors (Lipinski definition) is 0. The summed E-state index contributed by atoms with van der Waals surface area (Å²) >= 11 is 1.87. The average Bonchev–Trinajstić information content (AvgIpc) is 3.20. The van der Waals surface area contributed by atoms with Crippen LogP contribution in [0.4, 0.5) is 0 Å². The van der Waals surface area contributed by atoms with Gasteiger partial charge in [-0.1, -0.05) is 60.2 Å². The van der Waals surface area contributed by atoms with Gasteiger partial charge in [-0.3, -0.25) is 4.90 Å². The van der Waals surface area contributed by atoms with E-state index in [9.17, 15) is 0 Å². The molecule has 3 heteroatoms. The molecular formula is C23H22N2S. The molecule has 2 aliphatic carbocycles. The molecule has 1 aliphatic heterocycles. The number of rotatable bonds is 4. The Bertz CT molecular complexity index is 1040. The molecule has 2 heterocycles. The van der Waals surface area contributed by atoms with E-state index in [-0.39, 0.29) is 0 Å². The third-order valence-corrected chi connectivity index (χ3v) is 6.29. The lowest BCUT2D eigenvalue weighted by atomic mass is 10.0. The van der Waals surface area contributed by atoms with Crippen molar-refractivity contribution >= 4 is 23.0 Å². The lowest BCUT2D eigenvalue weighted by molar-refractivity contribution is 0.280. The molecule has 0 radical (unpaired) electrons. The monoisotopic (exact) mass is 358 g/mol. The van der Waals surface area contributed by atoms with Gasteiger partial charge in [-0.25, -0.2) is 4.98 Å². The van der Waals surface area contributed by atoms with Crippen molar-refractivity contribution in [3.05, 3.63) is 86.2 Å². The Morgan fingerprint density at radius 1 is 1.15 bits per heavy atom. The highest BCUT2D eigenvalue weighted by Gasteiger charge is 2.18. The second kappa shape index (κ2) is 6.82. The van der Waals surface area contributed by atoms with E-state index >= 15 is 0 Å². The molecule has 26 heavy (non-hydrogen) atoms. The molecule has 0 spiro atoms. The first kappa shape index (κ1) is 16.0. The van der Waals surface area contributed by atoms with Gasteiger partial charge in [0, 0.05) is 26.1 Å². The number of hydrogen-bond acceptors (Lipinski definition) is 3. The molecule has 1 aromatic carbocycles. The summed E-state index contributed by atoms with van der Waals surface area (Å²) in [6.45, 7) is 3.25. The van der Waals surface area contributed by atoms with Crippen molar-refractivity contribution in [1.29, 1.82) is 0 Å². The van der Waals surface area contributed by atoms with Crippen LogP contribution in [0.1, 0.15) is 23.4 Å². The Balaban J connectivity index is 1.31. The third kappa shape index (κ3) is 3.13. The van der Waals surface area contributed by atoms with E-state index in [1.165, 1.54) is 37.2 Å². The molecule has 0 saturated carbocycles. The Morgan fingerprint density at radius 2 is 2.08 bits per heavy atom. The zero-order valence-corrected chi connectivity index (χ0v) is 15.6. The van der Waals surface area contributed by atoms with E-state index in [0.29, 0.717) is 0 Å². The van der Waals surface area contributed by atoms with Gasteiger partial charge in [-0.15, -0.1) is 11.3 Å². The minimum atomic E-state index is 0.999. The van der Waals surface area contributed by atoms with Crippen molar-refractivity contribution in [2.75, 3.05) is 13.1 Å². The fraction of sp³-hybridized carbons (Fsp3) is 0.261. The van der Waals surface area contributed by atoms with Crippen LogP contribution in [0.15, 0.2) is 65.8 Å². The lowest BCUT2D eigenvalue weighted by Gasteiger charge is -2.27. The summed E-state index contributed by atoms with van der Waals surface area (Å²) in [7, 11) is 0. The maximum absolute atomic E-state index is 4.99. The highest BCUT2D eigenvalue weighted by atomic mass is 32.1. The van der Waals surface area contributed by atoms with Crippen LogP contribution in [0.3, 0.4) is 0 Å². The molecule has 0 bridgehead atoms. The van der Waals surface area contributed by atoms with Crippen molar-refractivity contribution in [2.45, 2.75) is 25.8 Å². The first-order valence-electron chi connectivity index (χ1n) is 9.37. The van der Waals surface area contributed by atoms with Crippen molar-refractivity contribution < 1.29 is 0 Å². The SMILES string of the molecule is C1=CCC2=c3nc(CC4=CCCN(Cc5ccccc5)C4)sc3=CC2=C1. The standard InChI is InChI=1S/C23H22N2S/c1-2-7-17(8-3-1)15-25-12-6-9-18(16-25)13-22-24-23-20-11-5-4-10-19(20)14-21(23)26-22/h1-5,7-10,14H,6,11-13,15-16H2. The van der Waals surface area contributed by atoms with E-state index in [1.807, 2.05) is 11.3 Å². The van der Waals surface area contributed by atoms with Crippen LogP contribution < -0.4 is 9.88 Å². The molecule has 1 aromatic heterocycles. The Labute approximate surface area is 158 Å². The minimum absolute atomic E-state index is 0.999. The van der Waals surface area contributed by atoms with Crippen LogP contribution in [0, 0.1) is 0 Å². The van der Waals surface area contributed by atoms with Crippen LogP contribution in [0.5, 0.6) is 0 Å². The summed E-state index contributed by atoms with van der Waals surface area (Å²) in [6, 6.07) is 10.8. The van der Waals surface area contributed by atoms with Gasteiger partial charge in [0.2, 0.25) is 0 Å². The Hall–Kier alpha value is -2.23. The lowest BCUT2D eigenvalue weighted by Crippen LogP contribution is -2.30. The van der Waals surface area contributed by atoms with Crippen LogP contribution in [-0.4, -0.2) is 23.0 Å². The van der Waals surface area contributed by atoms with E-state index in [2.05, 4.69) is 65.6 Å². The quantitative estimate of drug-likeness (QED) is 0.779. The van der Waals surface area contributed by atoms with Gasteiger partial charge < -0.3 is 0 Å². The van der Waals surface area contributed by atoms with E-state index in [1.54, 1.807) is 0 Å². The predicted molar refractivity (Wildman–Crippen MR) is 109 cm³/mol. The summed E-state index contributed by atoms with van der Waals surface area (Å²) in [6.07, 6.45) is 14.5. The van der Waals surface area contributed by atoms with Crippen molar-refractivity contribution in [3.63, 3.8) is 0 Å². The minimum Gasteiger partial charge on any atom is -0.295 e. The number of nitrogens with zero attached hydrogens (tertiary/aromatic N) is 2. The van der Waals surface area contributed by atoms with Crippen LogP contribution in [-0.2, 0) is 13.0 Å². The van der Waals surface area contributed by atoms with Crippen LogP contribution in [0.2, 0.25) is 0 Å². The smallest absolute Gasteiger partial charge is 0.0979 e. The van der Waals surface area contributed by atoms with Gasteiger partial charge in [-0.05, 0) is 35.6 Å². The van der Waals surface area contributed by atoms with Gasteiger partial charge in [0.15, 0.2) is 0 Å². The summed E-state index contributed by atoms with van der Waals surface area (Å²) in [5.74, 6) is 0. The van der Waals surface area contributed by atoms with E-state index in [0.717, 1.165) is 38.9 Å². The predicted octanol–water partition coefficient (Wildman–Crippen LogP) is 3.35. The molecule has 130 valence electrons. The Morgan fingerprint density at radius 3 is 3.00 bits per heavy atom. The molecule has 0 amide bonds. The molecule has 0 atom stereocenters. The molecule has 5 rings (SSSR count). The van der Waals surface area contributed by atoms with Gasteiger partial charge in [0.25, 0.3) is 0 Å². The fourth-order valence-corrected chi connectivity index (χ4v) is 5.13. The maximum atomic E-state index is 4.99. The molecule has 0 N–H and O–H groups in total. The van der Waals surface area contributed by atoms with Gasteiger partial charge in [-0.2, -0.15) is 0 Å². The molecule has 2 nitrogen and oxygen atoms in total. The van der Waals surface area contributed by atoms with Crippen molar-refractivity contribution in [1.82, 2.24) is 9.88 Å². The zero-order chi connectivity index (χ0) is 17.3.